The molecule has 3 aromatic carbocycles. The van der Waals surface area contributed by atoms with Crippen LogP contribution in [0.2, 0.25) is 5.02 Å². The Morgan fingerprint density at radius 3 is 2.54 bits per heavy atom. The monoisotopic (exact) mass is 506 g/mol. The summed E-state index contributed by atoms with van der Waals surface area (Å²) >= 11 is 7.68. The summed E-state index contributed by atoms with van der Waals surface area (Å²) in [6.07, 6.45) is 2.68. The van der Waals surface area contributed by atoms with E-state index in [1.54, 1.807) is 12.0 Å². The summed E-state index contributed by atoms with van der Waals surface area (Å²) < 4.78 is 11.7. The Hall–Kier alpha value is -3.22. The largest absolute Gasteiger partial charge is 0.493 e. The van der Waals surface area contributed by atoms with Crippen LogP contribution in [0, 0.1) is 6.92 Å². The van der Waals surface area contributed by atoms with Gasteiger partial charge in [-0.3, -0.25) is 9.69 Å². The maximum Gasteiger partial charge on any atom is 0.266 e. The molecular formula is C28H27ClN2O3S. The van der Waals surface area contributed by atoms with Gasteiger partial charge in [0.05, 0.1) is 17.7 Å². The lowest BCUT2D eigenvalue weighted by molar-refractivity contribution is -0.122. The van der Waals surface area contributed by atoms with Crippen molar-refractivity contribution in [1.29, 1.82) is 0 Å². The molecule has 1 saturated heterocycles. The summed E-state index contributed by atoms with van der Waals surface area (Å²) in [5.74, 6) is 1.07. The van der Waals surface area contributed by atoms with Gasteiger partial charge in [0.25, 0.3) is 5.91 Å². The van der Waals surface area contributed by atoms with Gasteiger partial charge in [0.15, 0.2) is 16.7 Å². The summed E-state index contributed by atoms with van der Waals surface area (Å²) in [6, 6.07) is 21.1. The van der Waals surface area contributed by atoms with E-state index >= 15 is 0 Å². The van der Waals surface area contributed by atoms with Crippen LogP contribution in [0.4, 0.5) is 5.69 Å². The van der Waals surface area contributed by atoms with Gasteiger partial charge in [0, 0.05) is 22.7 Å². The maximum absolute atomic E-state index is 13.3. The molecule has 1 heterocycles. The van der Waals surface area contributed by atoms with Gasteiger partial charge in [-0.15, -0.1) is 0 Å². The number of carbonyl (C=O) groups excluding carboxylic acids is 1. The fourth-order valence-electron chi connectivity index (χ4n) is 3.61. The third-order valence-corrected chi connectivity index (χ3v) is 6.82. The second-order valence-corrected chi connectivity index (χ2v) is 9.47. The quantitative estimate of drug-likeness (QED) is 0.302. The van der Waals surface area contributed by atoms with Crippen LogP contribution in [0.1, 0.15) is 30.0 Å². The Bertz CT molecular complexity index is 1270. The molecule has 3 aromatic rings. The van der Waals surface area contributed by atoms with E-state index < -0.39 is 0 Å². The highest BCUT2D eigenvalue weighted by molar-refractivity contribution is 8.18. The van der Waals surface area contributed by atoms with E-state index in [9.17, 15) is 4.79 Å². The highest BCUT2D eigenvalue weighted by Gasteiger charge is 2.33. The molecule has 5 nitrogen and oxygen atoms in total. The highest BCUT2D eigenvalue weighted by Crippen LogP contribution is 2.39. The molecule has 1 fully saturated rings. The van der Waals surface area contributed by atoms with E-state index in [0.717, 1.165) is 28.8 Å². The number of amidine groups is 1. The van der Waals surface area contributed by atoms with Crippen LogP contribution in [-0.4, -0.2) is 29.6 Å². The number of amides is 1. The third kappa shape index (κ3) is 5.89. The second-order valence-electron chi connectivity index (χ2n) is 8.06. The molecular weight excluding hydrogens is 480 g/mol. The minimum atomic E-state index is -0.0671. The maximum atomic E-state index is 13.3. The van der Waals surface area contributed by atoms with Crippen molar-refractivity contribution in [2.24, 2.45) is 4.99 Å². The first-order valence-electron chi connectivity index (χ1n) is 11.4. The van der Waals surface area contributed by atoms with Crippen LogP contribution in [-0.2, 0) is 11.4 Å². The number of rotatable bonds is 8. The van der Waals surface area contributed by atoms with Crippen LogP contribution in [0.25, 0.3) is 6.08 Å². The summed E-state index contributed by atoms with van der Waals surface area (Å²) in [6.45, 7) is 4.96. The van der Waals surface area contributed by atoms with Crippen molar-refractivity contribution in [3.8, 4) is 11.5 Å². The minimum Gasteiger partial charge on any atom is -0.493 e. The first-order valence-corrected chi connectivity index (χ1v) is 12.6. The molecule has 0 unspecified atom stereocenters. The molecule has 4 rings (SSSR count). The van der Waals surface area contributed by atoms with Gasteiger partial charge in [-0.1, -0.05) is 66.6 Å². The second kappa shape index (κ2) is 11.5. The zero-order valence-corrected chi connectivity index (χ0v) is 21.5. The lowest BCUT2D eigenvalue weighted by Gasteiger charge is -2.15. The number of thioether (sulfide) groups is 1. The van der Waals surface area contributed by atoms with Crippen LogP contribution in [0.5, 0.6) is 11.5 Å². The standard InChI is InChI=1S/C28H27ClN2O3S/c1-4-16-31-27(32)25(35-28(31)30-22-14-12-19(2)13-15-22)17-20-9-7-11-24(33-3)26(20)34-18-21-8-5-6-10-23(21)29/h5-15,17H,4,16,18H2,1-3H3/b25-17+,30-28?. The minimum absolute atomic E-state index is 0.0671. The number of para-hydroxylation sites is 1. The van der Waals surface area contributed by atoms with E-state index in [1.165, 1.54) is 11.8 Å². The Morgan fingerprint density at radius 1 is 1.06 bits per heavy atom. The molecule has 0 spiro atoms. The van der Waals surface area contributed by atoms with Crippen LogP contribution in [0.3, 0.4) is 0 Å². The Morgan fingerprint density at radius 2 is 1.83 bits per heavy atom. The fraction of sp³-hybridized carbons (Fsp3) is 0.214. The lowest BCUT2D eigenvalue weighted by Crippen LogP contribution is -2.29. The van der Waals surface area contributed by atoms with E-state index in [0.29, 0.717) is 33.1 Å². The Balaban J connectivity index is 1.66. The van der Waals surface area contributed by atoms with Crippen molar-refractivity contribution < 1.29 is 14.3 Å². The smallest absolute Gasteiger partial charge is 0.266 e. The number of aliphatic imine (C=N–C) groups is 1. The molecule has 35 heavy (non-hydrogen) atoms. The molecule has 7 heteroatoms. The average molecular weight is 507 g/mol. The fourth-order valence-corrected chi connectivity index (χ4v) is 4.82. The number of aryl methyl sites for hydroxylation is 1. The highest BCUT2D eigenvalue weighted by atomic mass is 35.5. The van der Waals surface area contributed by atoms with Gasteiger partial charge in [-0.2, -0.15) is 0 Å². The number of carbonyl (C=O) groups is 1. The molecule has 0 saturated carbocycles. The summed E-state index contributed by atoms with van der Waals surface area (Å²) in [4.78, 5) is 20.4. The lowest BCUT2D eigenvalue weighted by atomic mass is 10.1. The number of benzene rings is 3. The molecule has 0 aromatic heterocycles. The van der Waals surface area contributed by atoms with E-state index in [4.69, 9.17) is 26.1 Å². The number of hydrogen-bond acceptors (Lipinski definition) is 5. The van der Waals surface area contributed by atoms with Gasteiger partial charge in [-0.05, 0) is 55.4 Å². The Labute approximate surface area is 215 Å². The van der Waals surface area contributed by atoms with Crippen LogP contribution in [0.15, 0.2) is 76.6 Å². The molecule has 180 valence electrons. The van der Waals surface area contributed by atoms with E-state index in [-0.39, 0.29) is 12.5 Å². The first-order chi connectivity index (χ1) is 17.0. The molecule has 0 radical (unpaired) electrons. The van der Waals surface area contributed by atoms with Gasteiger partial charge in [0.1, 0.15) is 6.61 Å². The molecule has 0 N–H and O–H groups in total. The topological polar surface area (TPSA) is 51.1 Å². The van der Waals surface area contributed by atoms with Gasteiger partial charge < -0.3 is 9.47 Å². The summed E-state index contributed by atoms with van der Waals surface area (Å²) in [7, 11) is 1.60. The number of hydrogen-bond donors (Lipinski definition) is 0. The van der Waals surface area contributed by atoms with Crippen molar-refractivity contribution in [2.45, 2.75) is 26.9 Å². The van der Waals surface area contributed by atoms with Gasteiger partial charge >= 0.3 is 0 Å². The number of ether oxygens (including phenoxy) is 2. The van der Waals surface area contributed by atoms with Crippen molar-refractivity contribution >= 4 is 46.2 Å². The molecule has 0 aliphatic carbocycles. The molecule has 0 atom stereocenters. The zero-order chi connectivity index (χ0) is 24.8. The van der Waals surface area contributed by atoms with Crippen molar-refractivity contribution in [3.63, 3.8) is 0 Å². The average Bonchev–Trinajstić information content (AvgIpc) is 3.14. The zero-order valence-electron chi connectivity index (χ0n) is 20.0. The normalized spacial score (nSPS) is 15.8. The molecule has 1 amide bonds. The summed E-state index contributed by atoms with van der Waals surface area (Å²) in [5.41, 5.74) is 3.60. The SMILES string of the molecule is CCCN1C(=O)/C(=C\c2cccc(OC)c2OCc2ccccc2Cl)SC1=Nc1ccc(C)cc1. The number of nitrogens with zero attached hydrogens (tertiary/aromatic N) is 2. The molecule has 1 aliphatic heterocycles. The molecule has 1 aliphatic rings. The van der Waals surface area contributed by atoms with Gasteiger partial charge in [0.2, 0.25) is 0 Å². The first kappa shape index (κ1) is 24.9. The van der Waals surface area contributed by atoms with Gasteiger partial charge in [-0.25, -0.2) is 4.99 Å². The Kier molecular flexibility index (Phi) is 8.16. The van der Waals surface area contributed by atoms with E-state index in [1.807, 2.05) is 86.7 Å². The molecule has 0 bridgehead atoms. The van der Waals surface area contributed by atoms with Crippen LogP contribution >= 0.6 is 23.4 Å². The predicted octanol–water partition coefficient (Wildman–Crippen LogP) is 7.25. The predicted molar refractivity (Wildman–Crippen MR) is 145 cm³/mol. The van der Waals surface area contributed by atoms with Crippen molar-refractivity contribution in [1.82, 2.24) is 4.90 Å². The number of halogens is 1. The number of methoxy groups -OCH3 is 1. The summed E-state index contributed by atoms with van der Waals surface area (Å²) in [5, 5.41) is 1.31. The van der Waals surface area contributed by atoms with Crippen molar-refractivity contribution in [3.05, 3.63) is 93.3 Å². The van der Waals surface area contributed by atoms with Crippen LogP contribution < -0.4 is 9.47 Å². The third-order valence-electron chi connectivity index (χ3n) is 5.44. The van der Waals surface area contributed by atoms with E-state index in [2.05, 4.69) is 0 Å². The van der Waals surface area contributed by atoms with Crippen molar-refractivity contribution in [2.75, 3.05) is 13.7 Å².